The van der Waals surface area contributed by atoms with Crippen LogP contribution in [0.4, 0.5) is 5.69 Å². The molecule has 0 fully saturated rings. The summed E-state index contributed by atoms with van der Waals surface area (Å²) in [6, 6.07) is 12.5. The molecule has 4 aromatic rings. The minimum Gasteiger partial charge on any atom is -0.422 e. The van der Waals surface area contributed by atoms with Gasteiger partial charge >= 0.3 is 16.1 Å². The lowest BCUT2D eigenvalue weighted by Crippen LogP contribution is -2.11. The number of hydrogen-bond donors (Lipinski definition) is 0. The zero-order valence-electron chi connectivity index (χ0n) is 15.8. The number of fused-ring (bicyclic) bond motifs is 1. The predicted octanol–water partition coefficient (Wildman–Crippen LogP) is 3.79. The van der Waals surface area contributed by atoms with Crippen LogP contribution in [0.3, 0.4) is 0 Å². The lowest BCUT2D eigenvalue weighted by molar-refractivity contribution is 0.551. The molecule has 0 unspecified atom stereocenters. The molecule has 0 amide bonds. The first-order chi connectivity index (χ1) is 13.9. The van der Waals surface area contributed by atoms with Crippen LogP contribution in [0.15, 0.2) is 68.4 Å². The summed E-state index contributed by atoms with van der Waals surface area (Å²) < 4.78 is 32.6. The Morgan fingerprint density at radius 3 is 2.72 bits per heavy atom. The lowest BCUT2D eigenvalue weighted by Gasteiger charge is -2.10. The molecule has 2 heterocycles. The van der Waals surface area contributed by atoms with Gasteiger partial charge in [0.25, 0.3) is 0 Å². The highest BCUT2D eigenvalue weighted by molar-refractivity contribution is 7.61. The molecule has 7 nitrogen and oxygen atoms in total. The number of hydrogen-bond acceptors (Lipinski definition) is 6. The summed E-state index contributed by atoms with van der Waals surface area (Å²) in [5.74, 6) is 0.785. The lowest BCUT2D eigenvalue weighted by atomic mass is 9.98. The molecule has 8 heteroatoms. The van der Waals surface area contributed by atoms with Crippen molar-refractivity contribution in [3.8, 4) is 11.4 Å². The summed E-state index contributed by atoms with van der Waals surface area (Å²) in [5, 5.41) is 0.846. The summed E-state index contributed by atoms with van der Waals surface area (Å²) in [7, 11) is -0.625. The van der Waals surface area contributed by atoms with E-state index < -0.39 is 16.1 Å². The molecular weight excluding hydrogens is 390 g/mol. The Balaban J connectivity index is 1.78. The topological polar surface area (TPSA) is 94.5 Å². The minimum absolute atomic E-state index is 0.318. The molecule has 0 saturated carbocycles. The molecule has 0 N–H and O–H groups in total. The van der Waals surface area contributed by atoms with Crippen LogP contribution >= 0.6 is 0 Å². The minimum atomic E-state index is -2.53. The van der Waals surface area contributed by atoms with Crippen LogP contribution < -0.4 is 5.63 Å². The number of nitrogens with zero attached hydrogens (tertiary/aromatic N) is 3. The van der Waals surface area contributed by atoms with Gasteiger partial charge in [0.15, 0.2) is 0 Å². The van der Waals surface area contributed by atoms with Crippen molar-refractivity contribution in [2.24, 2.45) is 11.4 Å². The predicted molar refractivity (Wildman–Crippen MR) is 110 cm³/mol. The number of rotatable bonds is 4. The largest absolute Gasteiger partial charge is 0.422 e. The third-order valence-electron chi connectivity index (χ3n) is 4.84. The van der Waals surface area contributed by atoms with Crippen molar-refractivity contribution in [2.75, 3.05) is 0 Å². The fourth-order valence-corrected chi connectivity index (χ4v) is 3.68. The normalized spacial score (nSPS) is 11.0. The Kier molecular flexibility index (Phi) is 4.85. The molecule has 0 aliphatic rings. The fourth-order valence-electron chi connectivity index (χ4n) is 3.39. The third-order valence-corrected chi connectivity index (χ3v) is 5.20. The van der Waals surface area contributed by atoms with Gasteiger partial charge in [-0.25, -0.2) is 9.78 Å². The molecular formula is C21H17N3O4S. The van der Waals surface area contributed by atoms with Crippen molar-refractivity contribution in [3.05, 3.63) is 82.0 Å². The van der Waals surface area contributed by atoms with Crippen LogP contribution in [0.5, 0.6) is 0 Å². The molecule has 2 aromatic heterocycles. The third kappa shape index (κ3) is 3.74. The average molecular weight is 407 g/mol. The molecule has 2 aromatic carbocycles. The van der Waals surface area contributed by atoms with Gasteiger partial charge in [-0.15, -0.1) is 4.36 Å². The summed E-state index contributed by atoms with van der Waals surface area (Å²) in [6.07, 6.45) is 3.89. The smallest absolute Gasteiger partial charge is 0.340 e. The molecule has 0 atom stereocenters. The van der Waals surface area contributed by atoms with E-state index in [9.17, 15) is 13.2 Å². The molecule has 4 rings (SSSR count). The number of benzene rings is 2. The molecule has 0 spiro atoms. The zero-order chi connectivity index (χ0) is 20.5. The Morgan fingerprint density at radius 2 is 2.00 bits per heavy atom. The van der Waals surface area contributed by atoms with Gasteiger partial charge in [0.05, 0.1) is 5.69 Å². The summed E-state index contributed by atoms with van der Waals surface area (Å²) in [5.41, 5.74) is 3.40. The van der Waals surface area contributed by atoms with Crippen LogP contribution in [-0.4, -0.2) is 18.0 Å². The second-order valence-electron chi connectivity index (χ2n) is 6.72. The second kappa shape index (κ2) is 7.48. The Labute approximate surface area is 168 Å². The molecule has 0 aliphatic heterocycles. The van der Waals surface area contributed by atoms with Crippen LogP contribution in [0.25, 0.3) is 22.4 Å². The van der Waals surface area contributed by atoms with Gasteiger partial charge in [-0.1, -0.05) is 24.3 Å². The van der Waals surface area contributed by atoms with E-state index in [1.165, 1.54) is 0 Å². The van der Waals surface area contributed by atoms with Gasteiger partial charge in [0.1, 0.15) is 11.4 Å². The van der Waals surface area contributed by atoms with E-state index in [-0.39, 0.29) is 0 Å². The number of imidazole rings is 1. The van der Waals surface area contributed by atoms with Crippen molar-refractivity contribution in [2.45, 2.75) is 13.3 Å². The maximum atomic E-state index is 12.7. The fraction of sp³-hybridized carbons (Fsp3) is 0.143. The highest BCUT2D eigenvalue weighted by Gasteiger charge is 2.14. The first-order valence-corrected chi connectivity index (χ1v) is 9.89. The van der Waals surface area contributed by atoms with Gasteiger partial charge < -0.3 is 8.98 Å². The maximum Gasteiger partial charge on any atom is 0.340 e. The number of aryl methyl sites for hydroxylation is 2. The number of aromatic nitrogens is 2. The van der Waals surface area contributed by atoms with Crippen molar-refractivity contribution >= 4 is 27.2 Å². The van der Waals surface area contributed by atoms with Crippen molar-refractivity contribution < 1.29 is 12.8 Å². The zero-order valence-corrected chi connectivity index (χ0v) is 16.6. The summed E-state index contributed by atoms with van der Waals surface area (Å²) >= 11 is 0. The summed E-state index contributed by atoms with van der Waals surface area (Å²) in [6.45, 7) is 1.88. The molecule has 0 radical (unpaired) electrons. The average Bonchev–Trinajstić information content (AvgIpc) is 3.10. The van der Waals surface area contributed by atoms with E-state index >= 15 is 0 Å². The molecule has 146 valence electrons. The van der Waals surface area contributed by atoms with Crippen LogP contribution in [0.2, 0.25) is 0 Å². The van der Waals surface area contributed by atoms with Crippen LogP contribution in [0.1, 0.15) is 16.7 Å². The van der Waals surface area contributed by atoms with Crippen molar-refractivity contribution in [1.29, 1.82) is 0 Å². The molecule has 0 saturated heterocycles. The first-order valence-electron chi connectivity index (χ1n) is 8.86. The summed E-state index contributed by atoms with van der Waals surface area (Å²) in [4.78, 5) is 17.0. The van der Waals surface area contributed by atoms with Crippen molar-refractivity contribution in [1.82, 2.24) is 9.55 Å². The van der Waals surface area contributed by atoms with Gasteiger partial charge in [-0.05, 0) is 36.2 Å². The van der Waals surface area contributed by atoms with E-state index in [0.29, 0.717) is 23.3 Å². The first kappa shape index (κ1) is 18.8. The quantitative estimate of drug-likeness (QED) is 0.480. The highest BCUT2D eigenvalue weighted by Crippen LogP contribution is 2.27. The Hall–Kier alpha value is -3.52. The second-order valence-corrected chi connectivity index (χ2v) is 7.34. The highest BCUT2D eigenvalue weighted by atomic mass is 32.2. The monoisotopic (exact) mass is 407 g/mol. The Morgan fingerprint density at radius 1 is 1.17 bits per heavy atom. The SMILES string of the molecule is Cc1c(Cc2cccc(N=S(=O)=O)c2)c(=O)oc2cc(-c3nccn3C)ccc12. The van der Waals surface area contributed by atoms with E-state index in [1.54, 1.807) is 24.4 Å². The van der Waals surface area contributed by atoms with Crippen LogP contribution in [-0.2, 0) is 24.0 Å². The van der Waals surface area contributed by atoms with Crippen LogP contribution in [0, 0.1) is 6.92 Å². The van der Waals surface area contributed by atoms with E-state index in [1.807, 2.05) is 49.0 Å². The van der Waals surface area contributed by atoms with Crippen molar-refractivity contribution in [3.63, 3.8) is 0 Å². The van der Waals surface area contributed by atoms with E-state index in [2.05, 4.69) is 9.35 Å². The standard InChI is InChI=1S/C21H17N3O4S/c1-13-17-7-6-15(20-22-8-9-24(20)2)12-19(17)28-21(25)18(13)11-14-4-3-5-16(10-14)23-29(26)27/h3-10,12H,11H2,1-2H3. The molecule has 0 aliphatic carbocycles. The van der Waals surface area contributed by atoms with Gasteiger partial charge in [0.2, 0.25) is 0 Å². The van der Waals surface area contributed by atoms with Gasteiger partial charge in [-0.3, -0.25) is 0 Å². The van der Waals surface area contributed by atoms with Gasteiger partial charge in [-0.2, -0.15) is 8.42 Å². The van der Waals surface area contributed by atoms with Gasteiger partial charge in [0, 0.05) is 42.4 Å². The maximum absolute atomic E-state index is 12.7. The van der Waals surface area contributed by atoms with E-state index in [0.717, 1.165) is 27.9 Å². The molecule has 0 bridgehead atoms. The molecule has 29 heavy (non-hydrogen) atoms. The Bertz CT molecular complexity index is 1420. The van der Waals surface area contributed by atoms with E-state index in [4.69, 9.17) is 4.42 Å².